The van der Waals surface area contributed by atoms with Crippen LogP contribution in [0.15, 0.2) is 35.4 Å². The number of amides is 1. The molecule has 0 fully saturated rings. The maximum Gasteiger partial charge on any atom is 0.359 e. The quantitative estimate of drug-likeness (QED) is 0.769. The van der Waals surface area contributed by atoms with Crippen molar-refractivity contribution in [3.63, 3.8) is 0 Å². The van der Waals surface area contributed by atoms with Gasteiger partial charge in [0.05, 0.1) is 12.3 Å². The summed E-state index contributed by atoms with van der Waals surface area (Å²) in [6.07, 6.45) is -1.37. The molecular weight excluding hydrogens is 276 g/mol. The summed E-state index contributed by atoms with van der Waals surface area (Å²) < 4.78 is 9.72. The third-order valence-corrected chi connectivity index (χ3v) is 2.66. The van der Waals surface area contributed by atoms with Crippen LogP contribution in [-0.4, -0.2) is 36.3 Å². The van der Waals surface area contributed by atoms with Crippen molar-refractivity contribution in [3.8, 4) is 0 Å². The first-order valence-electron chi connectivity index (χ1n) is 6.36. The van der Waals surface area contributed by atoms with Gasteiger partial charge in [-0.25, -0.2) is 4.79 Å². The van der Waals surface area contributed by atoms with E-state index in [1.807, 2.05) is 0 Å². The van der Waals surface area contributed by atoms with Gasteiger partial charge in [0.15, 0.2) is 5.71 Å². The lowest BCUT2D eigenvalue weighted by Gasteiger charge is -2.13. The van der Waals surface area contributed by atoms with Gasteiger partial charge in [-0.15, -0.1) is 0 Å². The molecule has 7 heteroatoms. The Morgan fingerprint density at radius 3 is 2.52 bits per heavy atom. The zero-order chi connectivity index (χ0) is 15.4. The first-order valence-corrected chi connectivity index (χ1v) is 6.36. The zero-order valence-electron chi connectivity index (χ0n) is 11.6. The average molecular weight is 290 g/mol. The first-order chi connectivity index (χ1) is 10.0. The topological polar surface area (TPSA) is 85.3 Å². The monoisotopic (exact) mass is 290 g/mol. The van der Waals surface area contributed by atoms with E-state index >= 15 is 0 Å². The number of carbonyl (C=O) groups is 3. The fraction of sp³-hybridized carbons (Fsp3) is 0.286. The van der Waals surface area contributed by atoms with Gasteiger partial charge in [-0.3, -0.25) is 9.59 Å². The summed E-state index contributed by atoms with van der Waals surface area (Å²) in [6, 6.07) is 8.53. The van der Waals surface area contributed by atoms with E-state index in [9.17, 15) is 14.4 Å². The number of ether oxygens (including phenoxy) is 2. The maximum absolute atomic E-state index is 12.3. The van der Waals surface area contributed by atoms with Crippen molar-refractivity contribution in [3.05, 3.63) is 30.3 Å². The highest BCUT2D eigenvalue weighted by Gasteiger charge is 2.43. The van der Waals surface area contributed by atoms with Crippen LogP contribution < -0.4 is 5.01 Å². The second-order valence-corrected chi connectivity index (χ2v) is 4.18. The van der Waals surface area contributed by atoms with Gasteiger partial charge >= 0.3 is 11.9 Å². The molecule has 1 aliphatic heterocycles. The number of hydrazone groups is 1. The van der Waals surface area contributed by atoms with Crippen LogP contribution >= 0.6 is 0 Å². The van der Waals surface area contributed by atoms with E-state index < -0.39 is 23.9 Å². The highest BCUT2D eigenvalue weighted by molar-refractivity contribution is 6.45. The molecule has 1 heterocycles. The molecule has 1 amide bonds. The van der Waals surface area contributed by atoms with Crippen LogP contribution in [0.2, 0.25) is 0 Å². The number of nitrogens with zero attached hydrogens (tertiary/aromatic N) is 2. The molecule has 1 aromatic rings. The molecule has 0 radical (unpaired) electrons. The smallest absolute Gasteiger partial charge is 0.359 e. The summed E-state index contributed by atoms with van der Waals surface area (Å²) in [6.45, 7) is 2.91. The minimum absolute atomic E-state index is 0.129. The summed E-state index contributed by atoms with van der Waals surface area (Å²) >= 11 is 0. The Morgan fingerprint density at radius 1 is 1.29 bits per heavy atom. The molecule has 0 spiro atoms. The molecule has 0 aliphatic carbocycles. The number of rotatable bonds is 4. The van der Waals surface area contributed by atoms with Gasteiger partial charge in [0.2, 0.25) is 6.10 Å². The third-order valence-electron chi connectivity index (χ3n) is 2.66. The molecular formula is C14H14N2O5. The highest BCUT2D eigenvalue weighted by atomic mass is 16.6. The van der Waals surface area contributed by atoms with Crippen LogP contribution in [0.3, 0.4) is 0 Å². The SMILES string of the molecule is CCOC(=O)C1=NN(c2ccccc2)C(=O)[C@H]1OC(C)=O. The second kappa shape index (κ2) is 6.17. The number of hydrogen-bond acceptors (Lipinski definition) is 6. The molecule has 0 N–H and O–H groups in total. The Balaban J connectivity index is 2.34. The van der Waals surface area contributed by atoms with Crippen molar-refractivity contribution >= 4 is 29.2 Å². The molecule has 7 nitrogen and oxygen atoms in total. The van der Waals surface area contributed by atoms with E-state index in [0.29, 0.717) is 5.69 Å². The average Bonchev–Trinajstić information content (AvgIpc) is 2.77. The Kier molecular flexibility index (Phi) is 4.32. The number of esters is 2. The molecule has 0 saturated carbocycles. The molecule has 2 rings (SSSR count). The van der Waals surface area contributed by atoms with Crippen LogP contribution in [0.1, 0.15) is 13.8 Å². The van der Waals surface area contributed by atoms with Crippen LogP contribution in [0.25, 0.3) is 0 Å². The van der Waals surface area contributed by atoms with Gasteiger partial charge in [0.1, 0.15) is 0 Å². The van der Waals surface area contributed by atoms with E-state index in [2.05, 4.69) is 5.10 Å². The summed E-state index contributed by atoms with van der Waals surface area (Å²) in [7, 11) is 0. The molecule has 0 aromatic heterocycles. The molecule has 110 valence electrons. The summed E-state index contributed by atoms with van der Waals surface area (Å²) in [4.78, 5) is 35.2. The van der Waals surface area contributed by atoms with Gasteiger partial charge in [0, 0.05) is 6.92 Å². The molecule has 0 unspecified atom stereocenters. The minimum Gasteiger partial charge on any atom is -0.461 e. The first kappa shape index (κ1) is 14.7. The van der Waals surface area contributed by atoms with Crippen LogP contribution in [0, 0.1) is 0 Å². The normalized spacial score (nSPS) is 17.4. The van der Waals surface area contributed by atoms with E-state index in [1.54, 1.807) is 37.3 Å². The summed E-state index contributed by atoms with van der Waals surface area (Å²) in [5.74, 6) is -2.07. The molecule has 1 atom stereocenters. The van der Waals surface area contributed by atoms with Crippen molar-refractivity contribution in [2.75, 3.05) is 11.6 Å². The van der Waals surface area contributed by atoms with E-state index in [0.717, 1.165) is 11.9 Å². The minimum atomic E-state index is -1.37. The van der Waals surface area contributed by atoms with Gasteiger partial charge < -0.3 is 9.47 Å². The fourth-order valence-corrected chi connectivity index (χ4v) is 1.82. The molecule has 1 aliphatic rings. The van der Waals surface area contributed by atoms with Crippen molar-refractivity contribution in [1.29, 1.82) is 0 Å². The van der Waals surface area contributed by atoms with Gasteiger partial charge in [-0.1, -0.05) is 18.2 Å². The van der Waals surface area contributed by atoms with E-state index in [4.69, 9.17) is 9.47 Å². The number of carbonyl (C=O) groups excluding carboxylic acids is 3. The van der Waals surface area contributed by atoms with E-state index in [1.165, 1.54) is 0 Å². The molecule has 1 aromatic carbocycles. The highest BCUT2D eigenvalue weighted by Crippen LogP contribution is 2.22. The van der Waals surface area contributed by atoms with Crippen molar-refractivity contribution in [2.24, 2.45) is 5.10 Å². The lowest BCUT2D eigenvalue weighted by Crippen LogP contribution is -2.38. The maximum atomic E-state index is 12.3. The lowest BCUT2D eigenvalue weighted by molar-refractivity contribution is -0.149. The Morgan fingerprint density at radius 2 is 1.95 bits per heavy atom. The van der Waals surface area contributed by atoms with E-state index in [-0.39, 0.29) is 12.3 Å². The Hall–Kier alpha value is -2.70. The largest absolute Gasteiger partial charge is 0.461 e. The predicted octanol–water partition coefficient (Wildman–Crippen LogP) is 0.884. The second-order valence-electron chi connectivity index (χ2n) is 4.18. The third kappa shape index (κ3) is 3.07. The predicted molar refractivity (Wildman–Crippen MR) is 73.6 cm³/mol. The number of benzene rings is 1. The Labute approximate surface area is 121 Å². The van der Waals surface area contributed by atoms with Gasteiger partial charge in [0.25, 0.3) is 5.91 Å². The molecule has 21 heavy (non-hydrogen) atoms. The summed E-state index contributed by atoms with van der Waals surface area (Å²) in [5, 5.41) is 4.97. The number of anilines is 1. The summed E-state index contributed by atoms with van der Waals surface area (Å²) in [5.41, 5.74) is 0.236. The van der Waals surface area contributed by atoms with Crippen LogP contribution in [0.4, 0.5) is 5.69 Å². The van der Waals surface area contributed by atoms with Gasteiger partial charge in [-0.05, 0) is 19.1 Å². The lowest BCUT2D eigenvalue weighted by atomic mass is 10.2. The number of para-hydroxylation sites is 1. The number of hydrogen-bond donors (Lipinski definition) is 0. The molecule has 0 bridgehead atoms. The molecule has 0 saturated heterocycles. The van der Waals surface area contributed by atoms with Crippen molar-refractivity contribution in [2.45, 2.75) is 20.0 Å². The zero-order valence-corrected chi connectivity index (χ0v) is 11.6. The fourth-order valence-electron chi connectivity index (χ4n) is 1.82. The van der Waals surface area contributed by atoms with Crippen LogP contribution in [0.5, 0.6) is 0 Å². The van der Waals surface area contributed by atoms with Crippen LogP contribution in [-0.2, 0) is 23.9 Å². The van der Waals surface area contributed by atoms with Crippen molar-refractivity contribution in [1.82, 2.24) is 0 Å². The Bertz CT molecular complexity index is 597. The standard InChI is InChI=1S/C14H14N2O5/c1-3-20-14(19)11-12(21-9(2)17)13(18)16(15-11)10-7-5-4-6-8-10/h4-8,12H,3H2,1-2H3/t12-/m0/s1. The van der Waals surface area contributed by atoms with Crippen molar-refractivity contribution < 1.29 is 23.9 Å². The van der Waals surface area contributed by atoms with Gasteiger partial charge in [-0.2, -0.15) is 10.1 Å².